The maximum Gasteiger partial charge on any atom is 0.410 e. The van der Waals surface area contributed by atoms with Crippen molar-refractivity contribution >= 4 is 17.7 Å². The van der Waals surface area contributed by atoms with E-state index in [4.69, 9.17) is 21.1 Å². The molecule has 1 saturated heterocycles. The fraction of sp³-hybridized carbons (Fsp3) is 0.562. The predicted octanol–water partition coefficient (Wildman–Crippen LogP) is 3.15. The highest BCUT2D eigenvalue weighted by Crippen LogP contribution is 2.44. The molecule has 0 bridgehead atoms. The van der Waals surface area contributed by atoms with Crippen molar-refractivity contribution in [1.29, 1.82) is 0 Å². The first-order valence-electron chi connectivity index (χ1n) is 7.32. The molecule has 2 aliphatic heterocycles. The number of carbonyl (C=O) groups excluding carboxylic acids is 1. The number of amides is 1. The molecule has 1 unspecified atom stereocenters. The normalized spacial score (nSPS) is 22.6. The standard InChI is InChI=1S/C16H20ClNO4/c1-15(2,3)22-14(20)18-8-16(9-18)7-12(19)11-6-10(17)4-5-13(11)21-16/h4-6,12,19H,7-9H2,1-3H3. The minimum absolute atomic E-state index is 0.349. The zero-order valence-electron chi connectivity index (χ0n) is 12.9. The number of carbonyl (C=O) groups is 1. The van der Waals surface area contributed by atoms with Crippen molar-refractivity contribution in [2.75, 3.05) is 13.1 Å². The van der Waals surface area contributed by atoms with Gasteiger partial charge in [-0.1, -0.05) is 11.6 Å². The lowest BCUT2D eigenvalue weighted by Gasteiger charge is -2.52. The molecule has 1 aromatic carbocycles. The van der Waals surface area contributed by atoms with E-state index in [0.29, 0.717) is 35.8 Å². The number of likely N-dealkylation sites (tertiary alicyclic amines) is 1. The molecule has 1 fully saturated rings. The number of hydrogen-bond donors (Lipinski definition) is 1. The van der Waals surface area contributed by atoms with E-state index in [1.807, 2.05) is 20.8 Å². The lowest BCUT2D eigenvalue weighted by molar-refractivity contribution is -0.114. The zero-order chi connectivity index (χ0) is 16.1. The maximum absolute atomic E-state index is 12.0. The van der Waals surface area contributed by atoms with Gasteiger partial charge in [-0.3, -0.25) is 0 Å². The second-order valence-corrected chi connectivity index (χ2v) is 7.46. The van der Waals surface area contributed by atoms with Crippen molar-refractivity contribution in [3.05, 3.63) is 28.8 Å². The van der Waals surface area contributed by atoms with Gasteiger partial charge in [-0.25, -0.2) is 4.79 Å². The summed E-state index contributed by atoms with van der Waals surface area (Å²) in [6.45, 7) is 6.34. The first-order chi connectivity index (χ1) is 10.2. The monoisotopic (exact) mass is 325 g/mol. The molecule has 1 aromatic rings. The lowest BCUT2D eigenvalue weighted by atomic mass is 9.83. The second-order valence-electron chi connectivity index (χ2n) is 7.02. The van der Waals surface area contributed by atoms with Gasteiger partial charge in [0.25, 0.3) is 0 Å². The third kappa shape index (κ3) is 2.88. The van der Waals surface area contributed by atoms with Crippen LogP contribution in [0.4, 0.5) is 4.79 Å². The van der Waals surface area contributed by atoms with Crippen LogP contribution in [-0.2, 0) is 4.74 Å². The molecule has 0 radical (unpaired) electrons. The minimum atomic E-state index is -0.636. The Labute approximate surface area is 134 Å². The highest BCUT2D eigenvalue weighted by atomic mass is 35.5. The van der Waals surface area contributed by atoms with Gasteiger partial charge in [-0.2, -0.15) is 0 Å². The largest absolute Gasteiger partial charge is 0.483 e. The quantitative estimate of drug-likeness (QED) is 0.796. The molecular weight excluding hydrogens is 306 g/mol. The van der Waals surface area contributed by atoms with Crippen molar-refractivity contribution in [2.24, 2.45) is 0 Å². The van der Waals surface area contributed by atoms with Crippen LogP contribution >= 0.6 is 11.6 Å². The number of ether oxygens (including phenoxy) is 2. The van der Waals surface area contributed by atoms with Crippen molar-refractivity contribution in [1.82, 2.24) is 4.90 Å². The molecule has 0 aromatic heterocycles. The van der Waals surface area contributed by atoms with Crippen molar-refractivity contribution in [3.63, 3.8) is 0 Å². The highest BCUT2D eigenvalue weighted by molar-refractivity contribution is 6.30. The SMILES string of the molecule is CC(C)(C)OC(=O)N1CC2(CC(O)c3cc(Cl)ccc3O2)C1. The van der Waals surface area contributed by atoms with E-state index in [-0.39, 0.29) is 6.09 Å². The number of benzene rings is 1. The van der Waals surface area contributed by atoms with E-state index < -0.39 is 17.3 Å². The second kappa shape index (κ2) is 5.03. The average Bonchev–Trinajstić information content (AvgIpc) is 2.34. The van der Waals surface area contributed by atoms with Crippen LogP contribution in [0.25, 0.3) is 0 Å². The number of rotatable bonds is 0. The fourth-order valence-corrected chi connectivity index (χ4v) is 3.09. The molecule has 120 valence electrons. The summed E-state index contributed by atoms with van der Waals surface area (Å²) in [5.74, 6) is 0.631. The summed E-state index contributed by atoms with van der Waals surface area (Å²) < 4.78 is 11.4. The molecule has 0 saturated carbocycles. The Morgan fingerprint density at radius 3 is 2.77 bits per heavy atom. The van der Waals surface area contributed by atoms with Crippen LogP contribution in [-0.4, -0.2) is 40.4 Å². The Morgan fingerprint density at radius 1 is 1.45 bits per heavy atom. The number of nitrogens with zero attached hydrogens (tertiary/aromatic N) is 1. The third-order valence-electron chi connectivity index (χ3n) is 3.83. The average molecular weight is 326 g/mol. The van der Waals surface area contributed by atoms with Gasteiger partial charge in [-0.05, 0) is 39.0 Å². The Bertz CT molecular complexity index is 605. The Morgan fingerprint density at radius 2 is 2.14 bits per heavy atom. The first kappa shape index (κ1) is 15.4. The van der Waals surface area contributed by atoms with Gasteiger partial charge in [-0.15, -0.1) is 0 Å². The van der Waals surface area contributed by atoms with Crippen molar-refractivity contribution < 1.29 is 19.4 Å². The van der Waals surface area contributed by atoms with E-state index in [1.165, 1.54) is 0 Å². The molecule has 3 rings (SSSR count). The molecule has 2 heterocycles. The summed E-state index contributed by atoms with van der Waals surface area (Å²) >= 11 is 5.95. The summed E-state index contributed by atoms with van der Waals surface area (Å²) in [7, 11) is 0. The van der Waals surface area contributed by atoms with E-state index in [0.717, 1.165) is 0 Å². The van der Waals surface area contributed by atoms with Crippen LogP contribution in [0.2, 0.25) is 5.02 Å². The molecule has 1 N–H and O–H groups in total. The molecule has 1 amide bonds. The lowest BCUT2D eigenvalue weighted by Crippen LogP contribution is -2.68. The number of hydrogen-bond acceptors (Lipinski definition) is 4. The van der Waals surface area contributed by atoms with E-state index in [2.05, 4.69) is 0 Å². The number of aliphatic hydroxyl groups excluding tert-OH is 1. The van der Waals surface area contributed by atoms with Gasteiger partial charge < -0.3 is 19.5 Å². The molecule has 22 heavy (non-hydrogen) atoms. The van der Waals surface area contributed by atoms with Gasteiger partial charge in [0.2, 0.25) is 0 Å². The molecule has 2 aliphatic rings. The first-order valence-corrected chi connectivity index (χ1v) is 7.70. The number of fused-ring (bicyclic) bond motifs is 1. The Balaban J connectivity index is 1.69. The van der Waals surface area contributed by atoms with E-state index >= 15 is 0 Å². The van der Waals surface area contributed by atoms with Crippen LogP contribution in [0.3, 0.4) is 0 Å². The third-order valence-corrected chi connectivity index (χ3v) is 4.07. The van der Waals surface area contributed by atoms with Gasteiger partial charge in [0, 0.05) is 17.0 Å². The molecule has 6 heteroatoms. The number of aliphatic hydroxyl groups is 1. The summed E-state index contributed by atoms with van der Waals surface area (Å²) in [5.41, 5.74) is -0.346. The van der Waals surface area contributed by atoms with E-state index in [1.54, 1.807) is 23.1 Å². The summed E-state index contributed by atoms with van der Waals surface area (Å²) in [6, 6.07) is 5.22. The highest BCUT2D eigenvalue weighted by Gasteiger charge is 2.52. The molecule has 5 nitrogen and oxygen atoms in total. The molecular formula is C16H20ClNO4. The predicted molar refractivity (Wildman–Crippen MR) is 82.2 cm³/mol. The molecule has 0 aliphatic carbocycles. The Kier molecular flexibility index (Phi) is 3.53. The van der Waals surface area contributed by atoms with Gasteiger partial charge in [0.1, 0.15) is 17.0 Å². The van der Waals surface area contributed by atoms with Crippen LogP contribution in [0.1, 0.15) is 38.9 Å². The van der Waals surface area contributed by atoms with Gasteiger partial charge in [0.05, 0.1) is 19.2 Å². The Hall–Kier alpha value is -1.46. The summed E-state index contributed by atoms with van der Waals surface area (Å²) in [6.07, 6.45) is -0.541. The molecule has 1 spiro atoms. The van der Waals surface area contributed by atoms with E-state index in [9.17, 15) is 9.90 Å². The summed E-state index contributed by atoms with van der Waals surface area (Å²) in [5, 5.41) is 10.9. The summed E-state index contributed by atoms with van der Waals surface area (Å²) in [4.78, 5) is 13.6. The minimum Gasteiger partial charge on any atom is -0.483 e. The van der Waals surface area contributed by atoms with Crippen LogP contribution in [0.5, 0.6) is 5.75 Å². The number of halogens is 1. The smallest absolute Gasteiger partial charge is 0.410 e. The van der Waals surface area contributed by atoms with Crippen LogP contribution in [0.15, 0.2) is 18.2 Å². The van der Waals surface area contributed by atoms with Gasteiger partial charge >= 0.3 is 6.09 Å². The maximum atomic E-state index is 12.0. The fourth-order valence-electron chi connectivity index (χ4n) is 2.91. The zero-order valence-corrected chi connectivity index (χ0v) is 13.7. The van der Waals surface area contributed by atoms with Crippen LogP contribution in [0, 0.1) is 0 Å². The molecule has 1 atom stereocenters. The van der Waals surface area contributed by atoms with Crippen LogP contribution < -0.4 is 4.74 Å². The van der Waals surface area contributed by atoms with Gasteiger partial charge in [0.15, 0.2) is 0 Å². The van der Waals surface area contributed by atoms with Crippen molar-refractivity contribution in [2.45, 2.75) is 44.5 Å². The topological polar surface area (TPSA) is 59.0 Å². The van der Waals surface area contributed by atoms with Crippen molar-refractivity contribution in [3.8, 4) is 5.75 Å².